The van der Waals surface area contributed by atoms with Crippen molar-refractivity contribution in [3.8, 4) is 0 Å². The molecule has 2 saturated heterocycles. The molecule has 210 valence electrons. The molecule has 1 saturated carbocycles. The third kappa shape index (κ3) is 8.26. The predicted molar refractivity (Wildman–Crippen MR) is 137 cm³/mol. The Bertz CT molecular complexity index is 953. The van der Waals surface area contributed by atoms with E-state index in [1.54, 1.807) is 0 Å². The number of nitrogens with zero attached hydrogens (tertiary/aromatic N) is 4. The fourth-order valence-corrected chi connectivity index (χ4v) is 7.84. The number of halogens is 3. The lowest BCUT2D eigenvalue weighted by molar-refractivity contribution is -0.130. The Hall–Kier alpha value is -1.46. The van der Waals surface area contributed by atoms with E-state index in [1.165, 1.54) is 36.4 Å². The Morgan fingerprint density at radius 3 is 2.41 bits per heavy atom. The summed E-state index contributed by atoms with van der Waals surface area (Å²) < 4.78 is 69.3. The van der Waals surface area contributed by atoms with E-state index in [-0.39, 0.29) is 19.2 Å². The van der Waals surface area contributed by atoms with Crippen LogP contribution in [0.4, 0.5) is 19.1 Å². The van der Waals surface area contributed by atoms with Crippen LogP contribution in [0.1, 0.15) is 69.8 Å². The largest absolute Gasteiger partial charge is 0.390 e. The molecule has 3 fully saturated rings. The number of aryl methyl sites for hydroxylation is 1. The van der Waals surface area contributed by atoms with Gasteiger partial charge in [0.05, 0.1) is 18.3 Å². The van der Waals surface area contributed by atoms with E-state index in [0.29, 0.717) is 30.8 Å². The van der Waals surface area contributed by atoms with Gasteiger partial charge >= 0.3 is 6.18 Å². The molecule has 7 nitrogen and oxygen atoms in total. The first-order valence-electron chi connectivity index (χ1n) is 13.8. The van der Waals surface area contributed by atoms with E-state index < -0.39 is 28.4 Å². The Balaban J connectivity index is 1.24. The molecule has 0 radical (unpaired) electrons. The fourth-order valence-electron chi connectivity index (χ4n) is 6.32. The zero-order chi connectivity index (χ0) is 26.5. The van der Waals surface area contributed by atoms with E-state index >= 15 is 0 Å². The van der Waals surface area contributed by atoms with Gasteiger partial charge in [-0.3, -0.25) is 0 Å². The van der Waals surface area contributed by atoms with Crippen LogP contribution in [0.2, 0.25) is 0 Å². The number of hydrogen-bond acceptors (Lipinski definition) is 6. The summed E-state index contributed by atoms with van der Waals surface area (Å²) in [5, 5.41) is 0. The summed E-state index contributed by atoms with van der Waals surface area (Å²) in [6, 6.07) is 0. The number of sulfonamides is 1. The third-order valence-electron chi connectivity index (χ3n) is 8.40. The number of rotatable bonds is 9. The molecule has 1 aromatic rings. The summed E-state index contributed by atoms with van der Waals surface area (Å²) in [6.45, 7) is 4.93. The Labute approximate surface area is 219 Å². The summed E-state index contributed by atoms with van der Waals surface area (Å²) in [5.74, 6) is 1.89. The highest BCUT2D eigenvalue weighted by molar-refractivity contribution is 7.89. The normalized spacial score (nSPS) is 26.9. The maximum atomic E-state index is 12.5. The van der Waals surface area contributed by atoms with Gasteiger partial charge in [-0.05, 0) is 62.3 Å². The van der Waals surface area contributed by atoms with Crippen molar-refractivity contribution in [1.82, 2.24) is 14.3 Å². The lowest BCUT2D eigenvalue weighted by Crippen LogP contribution is -2.38. The Kier molecular flexibility index (Phi) is 9.72. The second-order valence-corrected chi connectivity index (χ2v) is 13.1. The van der Waals surface area contributed by atoms with Crippen LogP contribution >= 0.6 is 0 Å². The first kappa shape index (κ1) is 28.5. The molecule has 0 bridgehead atoms. The second kappa shape index (κ2) is 12.6. The maximum Gasteiger partial charge on any atom is 0.390 e. The molecular weight excluding hydrogens is 505 g/mol. The van der Waals surface area contributed by atoms with Crippen molar-refractivity contribution in [3.05, 3.63) is 18.0 Å². The lowest BCUT2D eigenvalue weighted by Gasteiger charge is -2.39. The van der Waals surface area contributed by atoms with E-state index in [4.69, 9.17) is 4.74 Å². The van der Waals surface area contributed by atoms with Crippen LogP contribution in [-0.4, -0.2) is 73.5 Å². The molecule has 37 heavy (non-hydrogen) atoms. The van der Waals surface area contributed by atoms with Gasteiger partial charge in [0, 0.05) is 45.2 Å². The summed E-state index contributed by atoms with van der Waals surface area (Å²) in [4.78, 5) is 11.3. The van der Waals surface area contributed by atoms with Crippen molar-refractivity contribution in [3.63, 3.8) is 0 Å². The molecular formula is C26H41F3N4O3S. The highest BCUT2D eigenvalue weighted by Crippen LogP contribution is 2.40. The molecule has 1 aliphatic carbocycles. The number of ether oxygens (including phenoxy) is 1. The molecule has 4 rings (SSSR count). The smallest absolute Gasteiger partial charge is 0.377 e. The molecule has 1 aromatic heterocycles. The SMILES string of the molecule is Cc1cnc(N2CCC([C@@H]3CCCCC[C@@H]3CCOC3CCN(S(=O)(=O)CCC(F)(F)F)C3)CC2)nc1. The van der Waals surface area contributed by atoms with Crippen molar-refractivity contribution in [1.29, 1.82) is 0 Å². The third-order valence-corrected chi connectivity index (χ3v) is 10.2. The lowest BCUT2D eigenvalue weighted by atomic mass is 9.73. The summed E-state index contributed by atoms with van der Waals surface area (Å²) in [6.07, 6.45) is 7.78. The van der Waals surface area contributed by atoms with Gasteiger partial charge in [0.15, 0.2) is 0 Å². The molecule has 3 atom stereocenters. The van der Waals surface area contributed by atoms with E-state index in [2.05, 4.69) is 14.9 Å². The molecule has 0 N–H and O–H groups in total. The molecule has 3 heterocycles. The minimum atomic E-state index is -4.47. The highest BCUT2D eigenvalue weighted by Gasteiger charge is 2.37. The standard InChI is InChI=1S/C26H41F3N4O3S/c1-20-17-30-25(31-18-20)32-12-7-22(8-13-32)24-6-4-2-3-5-21(24)10-15-36-23-9-14-33(19-23)37(34,35)16-11-26(27,28)29/h17-18,21-24H,2-16,19H2,1H3/t21-,23?,24-/m1/s1. The topological polar surface area (TPSA) is 75.6 Å². The van der Waals surface area contributed by atoms with Gasteiger partial charge in [-0.1, -0.05) is 25.7 Å². The van der Waals surface area contributed by atoms with E-state index in [1.807, 2.05) is 19.3 Å². The summed E-state index contributed by atoms with van der Waals surface area (Å²) in [7, 11) is -3.91. The quantitative estimate of drug-likeness (QED) is 0.408. The summed E-state index contributed by atoms with van der Waals surface area (Å²) >= 11 is 0. The molecule has 0 aromatic carbocycles. The predicted octanol–water partition coefficient (Wildman–Crippen LogP) is 4.96. The molecule has 3 aliphatic rings. The molecule has 0 amide bonds. The van der Waals surface area contributed by atoms with Gasteiger partial charge in [-0.2, -0.15) is 17.5 Å². The average molecular weight is 547 g/mol. The van der Waals surface area contributed by atoms with Gasteiger partial charge in [0.25, 0.3) is 0 Å². The summed E-state index contributed by atoms with van der Waals surface area (Å²) in [5.41, 5.74) is 1.07. The minimum absolute atomic E-state index is 0.161. The number of aromatic nitrogens is 2. The highest BCUT2D eigenvalue weighted by atomic mass is 32.2. The van der Waals surface area contributed by atoms with E-state index in [0.717, 1.165) is 43.9 Å². The Morgan fingerprint density at radius 1 is 1.00 bits per heavy atom. The van der Waals surface area contributed by atoms with Gasteiger partial charge in [-0.15, -0.1) is 0 Å². The first-order valence-corrected chi connectivity index (χ1v) is 15.4. The van der Waals surface area contributed by atoms with Crippen LogP contribution in [0.3, 0.4) is 0 Å². The molecule has 0 spiro atoms. The molecule has 2 aliphatic heterocycles. The number of anilines is 1. The van der Waals surface area contributed by atoms with Crippen LogP contribution in [-0.2, 0) is 14.8 Å². The average Bonchev–Trinajstić information content (AvgIpc) is 3.23. The zero-order valence-corrected chi connectivity index (χ0v) is 22.7. The van der Waals surface area contributed by atoms with Crippen LogP contribution in [0.15, 0.2) is 12.4 Å². The number of piperidine rings is 1. The van der Waals surface area contributed by atoms with Gasteiger partial charge in [-0.25, -0.2) is 18.4 Å². The van der Waals surface area contributed by atoms with Gasteiger partial charge in [0.2, 0.25) is 16.0 Å². The first-order chi connectivity index (χ1) is 17.6. The fraction of sp³-hybridized carbons (Fsp3) is 0.846. The van der Waals surface area contributed by atoms with Crippen LogP contribution in [0.5, 0.6) is 0 Å². The molecule has 11 heteroatoms. The molecule has 1 unspecified atom stereocenters. The van der Waals surface area contributed by atoms with Crippen molar-refractivity contribution in [2.75, 3.05) is 43.4 Å². The van der Waals surface area contributed by atoms with Crippen LogP contribution < -0.4 is 4.90 Å². The minimum Gasteiger partial charge on any atom is -0.377 e. The number of alkyl halides is 3. The van der Waals surface area contributed by atoms with E-state index in [9.17, 15) is 21.6 Å². The van der Waals surface area contributed by atoms with Gasteiger partial charge < -0.3 is 9.64 Å². The number of hydrogen-bond donors (Lipinski definition) is 0. The van der Waals surface area contributed by atoms with Crippen molar-refractivity contribution in [2.24, 2.45) is 17.8 Å². The van der Waals surface area contributed by atoms with Crippen molar-refractivity contribution in [2.45, 2.75) is 83.4 Å². The maximum absolute atomic E-state index is 12.5. The van der Waals surface area contributed by atoms with Crippen LogP contribution in [0, 0.1) is 24.7 Å². The van der Waals surface area contributed by atoms with Crippen molar-refractivity contribution < 1.29 is 26.3 Å². The zero-order valence-electron chi connectivity index (χ0n) is 21.8. The Morgan fingerprint density at radius 2 is 1.70 bits per heavy atom. The van der Waals surface area contributed by atoms with Crippen LogP contribution in [0.25, 0.3) is 0 Å². The second-order valence-electron chi connectivity index (χ2n) is 11.1. The van der Waals surface area contributed by atoms with Gasteiger partial charge in [0.1, 0.15) is 0 Å². The van der Waals surface area contributed by atoms with Crippen molar-refractivity contribution >= 4 is 16.0 Å². The monoisotopic (exact) mass is 546 g/mol.